The van der Waals surface area contributed by atoms with Crippen LogP contribution in [0.2, 0.25) is 0 Å². The fraction of sp³-hybridized carbons (Fsp3) is 0.318. The molecule has 1 aliphatic carbocycles. The summed E-state index contributed by atoms with van der Waals surface area (Å²) in [4.78, 5) is 19.3. The maximum atomic E-state index is 13.2. The number of benzene rings is 2. The zero-order valence-corrected chi connectivity index (χ0v) is 15.5. The minimum absolute atomic E-state index is 0.0754. The van der Waals surface area contributed by atoms with Crippen molar-refractivity contribution in [3.63, 3.8) is 0 Å². The minimum Gasteiger partial charge on any atom is -0.369 e. The van der Waals surface area contributed by atoms with Gasteiger partial charge in [0.05, 0.1) is 17.6 Å². The summed E-state index contributed by atoms with van der Waals surface area (Å²) in [5, 5.41) is 9.07. The molecule has 0 bridgehead atoms. The third kappa shape index (κ3) is 2.87. The Balaban J connectivity index is 1.81. The number of aliphatic imine (C=N–C) groups is 1. The number of nitrogens with zero attached hydrogens (tertiary/aromatic N) is 3. The maximum Gasteiger partial charge on any atom is 0.239 e. The van der Waals surface area contributed by atoms with Crippen molar-refractivity contribution in [1.82, 2.24) is 4.90 Å². The summed E-state index contributed by atoms with van der Waals surface area (Å²) < 4.78 is 0. The smallest absolute Gasteiger partial charge is 0.239 e. The van der Waals surface area contributed by atoms with E-state index in [4.69, 9.17) is 16.0 Å². The molecular formula is C22H22N4O. The highest BCUT2D eigenvalue weighted by molar-refractivity contribution is 6.02. The first-order valence-electron chi connectivity index (χ1n) is 9.17. The van der Waals surface area contributed by atoms with Gasteiger partial charge in [0.2, 0.25) is 5.91 Å². The monoisotopic (exact) mass is 358 g/mol. The van der Waals surface area contributed by atoms with Gasteiger partial charge in [0, 0.05) is 7.05 Å². The molecular weight excluding hydrogens is 336 g/mol. The predicted molar refractivity (Wildman–Crippen MR) is 104 cm³/mol. The Morgan fingerprint density at radius 2 is 1.70 bits per heavy atom. The Labute approximate surface area is 159 Å². The maximum absolute atomic E-state index is 13.2. The highest BCUT2D eigenvalue weighted by atomic mass is 16.2. The van der Waals surface area contributed by atoms with Crippen LogP contribution in [-0.2, 0) is 10.3 Å². The van der Waals surface area contributed by atoms with E-state index < -0.39 is 11.5 Å². The van der Waals surface area contributed by atoms with E-state index in [1.807, 2.05) is 31.2 Å². The van der Waals surface area contributed by atoms with Crippen LogP contribution in [0.3, 0.4) is 0 Å². The normalized spacial score (nSPS) is 25.1. The fourth-order valence-electron chi connectivity index (χ4n) is 3.88. The average molecular weight is 358 g/mol. The van der Waals surface area contributed by atoms with Crippen LogP contribution in [0, 0.1) is 11.3 Å². The van der Waals surface area contributed by atoms with E-state index in [1.54, 1.807) is 19.2 Å². The molecule has 1 saturated carbocycles. The van der Waals surface area contributed by atoms with E-state index in [0.29, 0.717) is 11.5 Å². The molecule has 2 aromatic carbocycles. The van der Waals surface area contributed by atoms with E-state index >= 15 is 0 Å². The van der Waals surface area contributed by atoms with Gasteiger partial charge in [0.15, 0.2) is 5.96 Å². The van der Waals surface area contributed by atoms with E-state index in [0.717, 1.165) is 11.1 Å². The van der Waals surface area contributed by atoms with Gasteiger partial charge in [-0.15, -0.1) is 0 Å². The number of guanidine groups is 1. The van der Waals surface area contributed by atoms with E-state index in [-0.39, 0.29) is 11.9 Å². The molecule has 0 saturated heterocycles. The first kappa shape index (κ1) is 17.3. The van der Waals surface area contributed by atoms with Crippen molar-refractivity contribution in [2.75, 3.05) is 7.05 Å². The van der Waals surface area contributed by atoms with Crippen molar-refractivity contribution in [2.24, 2.45) is 10.7 Å². The molecule has 1 amide bonds. The number of nitrogens with two attached hydrogens (primary N) is 1. The van der Waals surface area contributed by atoms with Crippen LogP contribution >= 0.6 is 0 Å². The first-order chi connectivity index (χ1) is 12.9. The predicted octanol–water partition coefficient (Wildman–Crippen LogP) is 3.22. The van der Waals surface area contributed by atoms with Gasteiger partial charge in [-0.2, -0.15) is 5.26 Å². The van der Waals surface area contributed by atoms with Gasteiger partial charge in [-0.1, -0.05) is 36.4 Å². The van der Waals surface area contributed by atoms with Gasteiger partial charge in [-0.25, -0.2) is 4.99 Å². The molecule has 1 aliphatic heterocycles. The molecule has 2 N–H and O–H groups in total. The van der Waals surface area contributed by atoms with Crippen molar-refractivity contribution in [2.45, 2.75) is 37.1 Å². The average Bonchev–Trinajstić information content (AvgIpc) is 3.52. The Morgan fingerprint density at radius 1 is 1.11 bits per heavy atom. The van der Waals surface area contributed by atoms with Gasteiger partial charge >= 0.3 is 0 Å². The van der Waals surface area contributed by atoms with Crippen LogP contribution < -0.4 is 5.73 Å². The highest BCUT2D eigenvalue weighted by Gasteiger charge is 2.47. The molecule has 0 unspecified atom stereocenters. The number of likely N-dealkylation sites (N-methyl/N-ethyl adjacent to an activating group) is 1. The molecule has 1 fully saturated rings. The lowest BCUT2D eigenvalue weighted by atomic mass is 9.74. The molecule has 0 radical (unpaired) electrons. The Bertz CT molecular complexity index is 951. The van der Waals surface area contributed by atoms with Crippen LogP contribution in [0.15, 0.2) is 53.5 Å². The zero-order chi connectivity index (χ0) is 19.2. The molecule has 1 heterocycles. The molecule has 136 valence electrons. The summed E-state index contributed by atoms with van der Waals surface area (Å²) in [6.07, 6.45) is 2.49. The van der Waals surface area contributed by atoms with Gasteiger partial charge in [0.1, 0.15) is 5.54 Å². The molecule has 0 spiro atoms. The van der Waals surface area contributed by atoms with Crippen LogP contribution in [0.25, 0.3) is 0 Å². The van der Waals surface area contributed by atoms with Gasteiger partial charge in [-0.3, -0.25) is 9.69 Å². The number of amides is 1. The summed E-state index contributed by atoms with van der Waals surface area (Å²) in [5.74, 6) is 0.324. The van der Waals surface area contributed by atoms with Crippen molar-refractivity contribution < 1.29 is 4.79 Å². The Morgan fingerprint density at radius 3 is 2.26 bits per heavy atom. The minimum atomic E-state index is -0.831. The SMILES string of the molecule is CN1C(=O)[C@H](c2ccc(C3CC3)cc2)[C@@](C)(c2ccc(C#N)cc2)N=C1N. The summed E-state index contributed by atoms with van der Waals surface area (Å²) in [6, 6.07) is 17.7. The van der Waals surface area contributed by atoms with Crippen molar-refractivity contribution >= 4 is 11.9 Å². The second-order valence-corrected chi connectivity index (χ2v) is 7.58. The standard InChI is InChI=1S/C22H22N4O/c1-22(18-11-3-14(13-23)4-12-18)19(20(27)26(2)21(24)25-22)17-9-7-16(8-10-17)15-5-6-15/h3-4,7-12,15,19H,5-6H2,1-2H3,(H2,24,25)/t19-,22+/m0/s1. The van der Waals surface area contributed by atoms with E-state index in [2.05, 4.69) is 18.2 Å². The van der Waals surface area contributed by atoms with Crippen LogP contribution in [-0.4, -0.2) is 23.8 Å². The Hall–Kier alpha value is -3.13. The third-order valence-electron chi connectivity index (χ3n) is 5.75. The van der Waals surface area contributed by atoms with Gasteiger partial charge < -0.3 is 5.73 Å². The second kappa shape index (κ2) is 6.24. The molecule has 2 aliphatic rings. The number of carbonyl (C=O) groups is 1. The largest absolute Gasteiger partial charge is 0.369 e. The lowest BCUT2D eigenvalue weighted by molar-refractivity contribution is -0.130. The summed E-state index contributed by atoms with van der Waals surface area (Å²) in [7, 11) is 1.66. The topological polar surface area (TPSA) is 82.5 Å². The molecule has 2 aromatic rings. The molecule has 27 heavy (non-hydrogen) atoms. The quantitative estimate of drug-likeness (QED) is 0.914. The zero-order valence-electron chi connectivity index (χ0n) is 15.5. The number of rotatable bonds is 3. The summed E-state index contributed by atoms with van der Waals surface area (Å²) in [6.45, 7) is 1.94. The number of nitriles is 1. The highest BCUT2D eigenvalue weighted by Crippen LogP contribution is 2.45. The number of hydrogen-bond acceptors (Lipinski definition) is 4. The summed E-state index contributed by atoms with van der Waals surface area (Å²) in [5.41, 5.74) is 8.92. The van der Waals surface area contributed by atoms with Gasteiger partial charge in [-0.05, 0) is 54.5 Å². The van der Waals surface area contributed by atoms with Crippen molar-refractivity contribution in [3.05, 3.63) is 70.8 Å². The molecule has 2 atom stereocenters. The second-order valence-electron chi connectivity index (χ2n) is 7.58. The van der Waals surface area contributed by atoms with Crippen LogP contribution in [0.1, 0.15) is 53.9 Å². The Kier molecular flexibility index (Phi) is 4.00. The first-order valence-corrected chi connectivity index (χ1v) is 9.17. The molecule has 5 nitrogen and oxygen atoms in total. The van der Waals surface area contributed by atoms with Gasteiger partial charge in [0.25, 0.3) is 0 Å². The van der Waals surface area contributed by atoms with Crippen molar-refractivity contribution in [1.29, 1.82) is 5.26 Å². The van der Waals surface area contributed by atoms with Crippen LogP contribution in [0.5, 0.6) is 0 Å². The van der Waals surface area contributed by atoms with Crippen LogP contribution in [0.4, 0.5) is 0 Å². The molecule has 0 aromatic heterocycles. The van der Waals surface area contributed by atoms with Crippen molar-refractivity contribution in [3.8, 4) is 6.07 Å². The lowest BCUT2D eigenvalue weighted by Crippen LogP contribution is -2.52. The van der Waals surface area contributed by atoms with E-state index in [9.17, 15) is 4.79 Å². The summed E-state index contributed by atoms with van der Waals surface area (Å²) >= 11 is 0. The number of hydrogen-bond donors (Lipinski definition) is 1. The third-order valence-corrected chi connectivity index (χ3v) is 5.75. The lowest BCUT2D eigenvalue weighted by Gasteiger charge is -2.41. The molecule has 5 heteroatoms. The molecule has 4 rings (SSSR count). The van der Waals surface area contributed by atoms with E-state index in [1.165, 1.54) is 23.3 Å². The fourth-order valence-corrected chi connectivity index (χ4v) is 3.88. The number of carbonyl (C=O) groups excluding carboxylic acids is 1.